The minimum absolute atomic E-state index is 0.0332. The molecule has 2 fully saturated rings. The molecule has 0 radical (unpaired) electrons. The van der Waals surface area contributed by atoms with E-state index in [-0.39, 0.29) is 55.0 Å². The molecule has 14 heteroatoms. The number of alkyl halides is 6. The van der Waals surface area contributed by atoms with Crippen molar-refractivity contribution in [1.29, 1.82) is 0 Å². The van der Waals surface area contributed by atoms with E-state index >= 15 is 0 Å². The summed E-state index contributed by atoms with van der Waals surface area (Å²) in [7, 11) is 0. The van der Waals surface area contributed by atoms with Crippen LogP contribution in [0, 0.1) is 10.8 Å². The fourth-order valence-corrected chi connectivity index (χ4v) is 5.55. The monoisotopic (exact) mass is 703 g/mol. The van der Waals surface area contributed by atoms with Crippen LogP contribution in [0.4, 0.5) is 26.3 Å². The summed E-state index contributed by atoms with van der Waals surface area (Å²) in [5.41, 5.74) is 5.95. The summed E-state index contributed by atoms with van der Waals surface area (Å²) in [6.07, 6.45) is -1.28. The molecular weight excluding hydrogens is 670 g/mol. The Morgan fingerprint density at radius 3 is 2.54 bits per heavy atom. The van der Waals surface area contributed by atoms with Crippen LogP contribution in [0.2, 0.25) is 0 Å². The smallest absolute Gasteiger partial charge is 0.412 e. The molecule has 1 amide bonds. The second-order valence-electron chi connectivity index (χ2n) is 12.0. The van der Waals surface area contributed by atoms with Gasteiger partial charge in [-0.2, -0.15) is 31.2 Å². The van der Waals surface area contributed by atoms with Crippen molar-refractivity contribution in [3.05, 3.63) is 116 Å². The number of carbonyl (C=O) groups excluding carboxylic acids is 2. The number of ketones is 1. The van der Waals surface area contributed by atoms with E-state index in [9.17, 15) is 40.8 Å². The molecule has 1 saturated heterocycles. The van der Waals surface area contributed by atoms with E-state index in [0.29, 0.717) is 35.7 Å². The first-order chi connectivity index (χ1) is 23.7. The van der Waals surface area contributed by atoms with Crippen molar-refractivity contribution in [3.8, 4) is 0 Å². The van der Waals surface area contributed by atoms with Crippen LogP contribution in [0.5, 0.6) is 0 Å². The van der Waals surface area contributed by atoms with E-state index in [1.54, 1.807) is 12.2 Å². The average Bonchev–Trinajstić information content (AvgIpc) is 3.08. The van der Waals surface area contributed by atoms with Crippen LogP contribution < -0.4 is 5.32 Å². The van der Waals surface area contributed by atoms with Gasteiger partial charge in [0.1, 0.15) is 0 Å². The zero-order valence-electron chi connectivity index (χ0n) is 26.7. The van der Waals surface area contributed by atoms with E-state index in [0.717, 1.165) is 30.0 Å². The first-order valence-corrected chi connectivity index (χ1v) is 15.9. The molecule has 264 valence electrons. The van der Waals surface area contributed by atoms with Crippen LogP contribution in [0.15, 0.2) is 99.7 Å². The Hall–Kier alpha value is -4.90. The molecule has 1 saturated carbocycles. The number of amides is 1. The number of nitrogens with zero attached hydrogens (tertiary/aromatic N) is 1. The molecule has 0 spiro atoms. The third kappa shape index (κ3) is 10.1. The highest BCUT2D eigenvalue weighted by Crippen LogP contribution is 2.42. The number of halogens is 6. The fraction of sp³-hybridized carbons (Fsp3) is 0.389. The van der Waals surface area contributed by atoms with Gasteiger partial charge in [0.15, 0.2) is 18.1 Å². The van der Waals surface area contributed by atoms with E-state index < -0.39 is 48.2 Å². The van der Waals surface area contributed by atoms with Gasteiger partial charge in [0.25, 0.3) is 18.7 Å². The number of ether oxygens (including phenoxy) is 2. The lowest BCUT2D eigenvalue weighted by Gasteiger charge is -2.25. The zero-order valence-corrected chi connectivity index (χ0v) is 26.7. The van der Waals surface area contributed by atoms with E-state index in [1.165, 1.54) is 6.08 Å². The highest BCUT2D eigenvalue weighted by Gasteiger charge is 2.45. The number of rotatable bonds is 11. The zero-order chi connectivity index (χ0) is 35.9. The number of benzene rings is 1. The minimum Gasteiger partial charge on any atom is -0.476 e. The number of hydrogen-bond acceptors (Lipinski definition) is 6. The molecule has 5 rings (SSSR count). The van der Waals surface area contributed by atoms with Gasteiger partial charge in [0.05, 0.1) is 23.0 Å². The van der Waals surface area contributed by atoms with Crippen LogP contribution in [-0.2, 0) is 30.4 Å². The molecule has 3 aliphatic carbocycles. The van der Waals surface area contributed by atoms with Gasteiger partial charge in [-0.1, -0.05) is 42.1 Å². The predicted molar refractivity (Wildman–Crippen MR) is 167 cm³/mol. The molecule has 1 heterocycles. The number of allylic oxidation sites excluding steroid dienone is 9. The average molecular weight is 704 g/mol. The third-order valence-electron chi connectivity index (χ3n) is 8.19. The van der Waals surface area contributed by atoms with Crippen LogP contribution >= 0.6 is 0 Å². The summed E-state index contributed by atoms with van der Waals surface area (Å²) in [6.45, 7) is 0.478. The number of carbonyl (C=O) groups is 2. The van der Waals surface area contributed by atoms with Crippen LogP contribution in [-0.4, -0.2) is 55.0 Å². The molecule has 50 heavy (non-hydrogen) atoms. The molecule has 8 nitrogen and oxygen atoms in total. The van der Waals surface area contributed by atoms with E-state index in [2.05, 4.69) is 16.8 Å². The van der Waals surface area contributed by atoms with Gasteiger partial charge in [-0.25, -0.2) is 0 Å². The van der Waals surface area contributed by atoms with Crippen LogP contribution in [0.25, 0.3) is 6.08 Å². The molecular formula is C36H33F6N2O6+. The van der Waals surface area contributed by atoms with Gasteiger partial charge in [0.2, 0.25) is 4.92 Å². The lowest BCUT2D eigenvalue weighted by atomic mass is 9.82. The second kappa shape index (κ2) is 15.8. The van der Waals surface area contributed by atoms with Crippen LogP contribution in [0.3, 0.4) is 0 Å². The lowest BCUT2D eigenvalue weighted by Crippen LogP contribution is -2.27. The lowest BCUT2D eigenvalue weighted by molar-refractivity contribution is -0.818. The molecule has 4 aliphatic rings. The molecule has 2 unspecified atom stereocenters. The van der Waals surface area contributed by atoms with Gasteiger partial charge in [-0.05, 0) is 84.4 Å². The van der Waals surface area contributed by atoms with Gasteiger partial charge in [-0.15, -0.1) is 0 Å². The van der Waals surface area contributed by atoms with Crippen molar-refractivity contribution in [2.45, 2.75) is 63.7 Å². The summed E-state index contributed by atoms with van der Waals surface area (Å²) in [4.78, 5) is 43.1. The van der Waals surface area contributed by atoms with Crippen molar-refractivity contribution < 1.29 is 55.2 Å². The fourth-order valence-electron chi connectivity index (χ4n) is 5.55. The Kier molecular flexibility index (Phi) is 11.5. The number of nitrogens with one attached hydrogen (secondary N) is 1. The summed E-state index contributed by atoms with van der Waals surface area (Å²) in [5, 5.41) is 2.73. The van der Waals surface area contributed by atoms with Crippen molar-refractivity contribution in [2.24, 2.45) is 5.92 Å². The summed E-state index contributed by atoms with van der Waals surface area (Å²) < 4.78 is 90.8. The third-order valence-corrected chi connectivity index (χ3v) is 8.19. The number of hydrogen-bond donors (Lipinski definition) is 1. The Morgan fingerprint density at radius 2 is 1.84 bits per heavy atom. The van der Waals surface area contributed by atoms with Gasteiger partial charge >= 0.3 is 12.4 Å². The Morgan fingerprint density at radius 1 is 1.06 bits per heavy atom. The van der Waals surface area contributed by atoms with E-state index in [4.69, 9.17) is 14.3 Å². The molecule has 1 aliphatic heterocycles. The largest absolute Gasteiger partial charge is 0.476 e. The topological polar surface area (TPSA) is 93.9 Å². The van der Waals surface area contributed by atoms with Gasteiger partial charge < -0.3 is 14.8 Å². The SMILES string of the molecule is O=C(COC1=C=C=C2C(=O)/C(=C/C3=CC(C(F)(F)F)CC(C(F)(F)F)=C3)CCC2=C1)NCc1ccc(/C=C/C[N+](=O)OC2CCCCO2)cc1. The summed E-state index contributed by atoms with van der Waals surface area (Å²) in [6, 6.07) is 7.30. The first-order valence-electron chi connectivity index (χ1n) is 15.9. The highest BCUT2D eigenvalue weighted by molar-refractivity contribution is 6.12. The highest BCUT2D eigenvalue weighted by atomic mass is 19.4. The Balaban J connectivity index is 1.11. The maximum absolute atomic E-state index is 13.3. The van der Waals surface area contributed by atoms with Crippen LogP contribution in [0.1, 0.15) is 49.7 Å². The first kappa shape index (κ1) is 36.4. The van der Waals surface area contributed by atoms with E-state index in [1.807, 2.05) is 24.3 Å². The summed E-state index contributed by atoms with van der Waals surface area (Å²) in [5.74, 6) is -3.19. The maximum atomic E-state index is 13.3. The minimum atomic E-state index is -4.94. The summed E-state index contributed by atoms with van der Waals surface area (Å²) >= 11 is 0. The van der Waals surface area contributed by atoms with Crippen molar-refractivity contribution in [3.63, 3.8) is 0 Å². The maximum Gasteiger partial charge on any atom is 0.412 e. The molecule has 1 aromatic rings. The van der Waals surface area contributed by atoms with Crippen molar-refractivity contribution in [2.75, 3.05) is 19.8 Å². The Bertz CT molecular complexity index is 1760. The normalized spacial score (nSPS) is 21.8. The second-order valence-corrected chi connectivity index (χ2v) is 12.0. The van der Waals surface area contributed by atoms with Gasteiger partial charge in [-0.3, -0.25) is 9.59 Å². The molecule has 1 aromatic carbocycles. The predicted octanol–water partition coefficient (Wildman–Crippen LogP) is 7.36. The number of Topliss-reactive ketones (excluding diaryl/α,β-unsaturated/α-hetero) is 1. The number of fused-ring (bicyclic) bond motifs is 1. The standard InChI is InChI=1S/C36H32F6N2O6/c37-35(38,39)28-17-25(18-29(20-28)36(40,41)42)16-27-11-10-26-19-30(12-13-31(26)34(27)46)49-22-32(45)43-21-24-8-6-23(7-9-24)4-3-14-44(47)50-33-5-1-2-15-48-33/h3-4,6-9,16-19,28,33H,1-2,5,10-11,14-15,20-22H2/p+1/b4-3+,27-16+. The molecule has 2 atom stereocenters. The van der Waals surface area contributed by atoms with Crippen molar-refractivity contribution >= 4 is 17.8 Å². The Labute approximate surface area is 283 Å². The quantitative estimate of drug-likeness (QED) is 0.112. The van der Waals surface area contributed by atoms with Gasteiger partial charge in [0, 0.05) is 24.1 Å². The molecule has 0 bridgehead atoms. The van der Waals surface area contributed by atoms with Crippen molar-refractivity contribution in [1.82, 2.24) is 5.32 Å². The molecule has 1 N–H and O–H groups in total. The molecule has 0 aromatic heterocycles.